The average Bonchev–Trinajstić information content (AvgIpc) is 3.37. The summed E-state index contributed by atoms with van der Waals surface area (Å²) in [6.07, 6.45) is 2.71. The van der Waals surface area contributed by atoms with Crippen LogP contribution in [-0.2, 0) is 77.0 Å². The standard InChI is InChI=1S/C66H82N2O10S2/c1-15-27-75-59-43-29-44-34-52(64(6,7)8)36-46(60(44)76-28-16-2)31-48-38-54(66(12,13)14)40-50(62(48)78-42-58(70)68-80(73,74)56-25-21-18-22-26-56)32-49-39-53(65(9,10)11)37-47(30-45(59)35-51(33-43)63(3,4)5)61(49)77-41-57(69)67-79(71,72)55-23-19-17-20-24-55/h17-26,33-40H,15-16,27-32,41-42H2,1-14H3,(H,67,69)(H,68,70). The topological polar surface area (TPSA) is 163 Å². The molecule has 7 rings (SSSR count). The van der Waals surface area contributed by atoms with Crippen molar-refractivity contribution in [2.75, 3.05) is 26.4 Å². The van der Waals surface area contributed by atoms with E-state index in [2.05, 4.69) is 155 Å². The Balaban J connectivity index is 1.56. The minimum absolute atomic E-state index is 0.0650. The third-order valence-electron chi connectivity index (χ3n) is 14.2. The Morgan fingerprint density at radius 2 is 0.613 bits per heavy atom. The second-order valence-electron chi connectivity index (χ2n) is 25.2. The molecule has 14 heteroatoms. The minimum atomic E-state index is -4.25. The quantitative estimate of drug-likeness (QED) is 0.0952. The van der Waals surface area contributed by atoms with Crippen molar-refractivity contribution >= 4 is 31.9 Å². The monoisotopic (exact) mass is 1130 g/mol. The highest BCUT2D eigenvalue weighted by atomic mass is 32.2. The first-order valence-electron chi connectivity index (χ1n) is 27.8. The summed E-state index contributed by atoms with van der Waals surface area (Å²) in [5.41, 5.74) is 9.32. The molecule has 0 unspecified atom stereocenters. The third-order valence-corrected chi connectivity index (χ3v) is 16.9. The molecule has 0 radical (unpaired) electrons. The minimum Gasteiger partial charge on any atom is -0.493 e. The van der Waals surface area contributed by atoms with E-state index in [1.54, 1.807) is 36.4 Å². The lowest BCUT2D eigenvalue weighted by molar-refractivity contribution is -0.122. The van der Waals surface area contributed by atoms with E-state index in [4.69, 9.17) is 18.9 Å². The van der Waals surface area contributed by atoms with Crippen molar-refractivity contribution in [2.45, 2.75) is 167 Å². The summed E-state index contributed by atoms with van der Waals surface area (Å²) in [5.74, 6) is 0.506. The molecule has 6 aromatic carbocycles. The van der Waals surface area contributed by atoms with Crippen LogP contribution in [0.1, 0.15) is 177 Å². The molecule has 0 spiro atoms. The fraction of sp³-hybridized carbons (Fsp3) is 0.424. The van der Waals surface area contributed by atoms with Crippen LogP contribution in [0.2, 0.25) is 0 Å². The number of nitrogens with one attached hydrogen (secondary N) is 2. The smallest absolute Gasteiger partial charge is 0.271 e. The predicted molar refractivity (Wildman–Crippen MR) is 318 cm³/mol. The Morgan fingerprint density at radius 1 is 0.388 bits per heavy atom. The van der Waals surface area contributed by atoms with Crippen molar-refractivity contribution in [1.29, 1.82) is 0 Å². The van der Waals surface area contributed by atoms with Crippen molar-refractivity contribution in [2.24, 2.45) is 0 Å². The molecule has 0 fully saturated rings. The molecule has 80 heavy (non-hydrogen) atoms. The molecule has 2 amide bonds. The first-order valence-corrected chi connectivity index (χ1v) is 30.7. The number of sulfonamides is 2. The molecule has 8 bridgehead atoms. The molecule has 0 saturated carbocycles. The van der Waals surface area contributed by atoms with E-state index in [0.29, 0.717) is 55.1 Å². The Kier molecular flexibility index (Phi) is 18.5. The normalized spacial score (nSPS) is 13.3. The van der Waals surface area contributed by atoms with Gasteiger partial charge in [-0.25, -0.2) is 26.3 Å². The molecule has 0 heterocycles. The largest absolute Gasteiger partial charge is 0.493 e. The summed E-state index contributed by atoms with van der Waals surface area (Å²) in [4.78, 5) is 27.8. The third kappa shape index (κ3) is 15.0. The predicted octanol–water partition coefficient (Wildman–Crippen LogP) is 12.9. The summed E-state index contributed by atoms with van der Waals surface area (Å²) in [5, 5.41) is 0. The molecule has 0 saturated heterocycles. The maximum Gasteiger partial charge on any atom is 0.271 e. The highest BCUT2D eigenvalue weighted by Crippen LogP contribution is 2.44. The number of carbonyl (C=O) groups is 2. The van der Waals surface area contributed by atoms with Gasteiger partial charge < -0.3 is 18.9 Å². The highest BCUT2D eigenvalue weighted by Gasteiger charge is 2.31. The molecule has 12 nitrogen and oxygen atoms in total. The van der Waals surface area contributed by atoms with Gasteiger partial charge in [0, 0.05) is 25.7 Å². The van der Waals surface area contributed by atoms with Crippen LogP contribution in [0.3, 0.4) is 0 Å². The van der Waals surface area contributed by atoms with Crippen LogP contribution in [0.25, 0.3) is 0 Å². The molecule has 0 atom stereocenters. The van der Waals surface area contributed by atoms with Crippen molar-refractivity contribution in [3.8, 4) is 23.0 Å². The summed E-state index contributed by atoms with van der Waals surface area (Å²) in [6.45, 7) is 29.8. The van der Waals surface area contributed by atoms with Crippen LogP contribution in [0.15, 0.2) is 119 Å². The Labute approximate surface area is 476 Å². The van der Waals surface area contributed by atoms with Crippen LogP contribution in [0, 0.1) is 0 Å². The van der Waals surface area contributed by atoms with Gasteiger partial charge in [-0.05, 0) is 126 Å². The molecule has 428 valence electrons. The SMILES string of the molecule is CCCOc1c2cc(C(C)(C)C)cc1Cc1cc(C(C)(C)C)cc(c1OCC(=O)NS(=O)(=O)c1ccccc1)Cc1cc(C(C)(C)C)cc(c1OCC(=O)NS(=O)(=O)c1ccccc1)Cc1cc(C(C)(C)C)cc(c1OCCC)C2. The van der Waals surface area contributed by atoms with Crippen molar-refractivity contribution < 1.29 is 45.4 Å². The van der Waals surface area contributed by atoms with E-state index in [0.717, 1.165) is 80.0 Å². The van der Waals surface area contributed by atoms with Crippen molar-refractivity contribution in [3.05, 3.63) is 176 Å². The van der Waals surface area contributed by atoms with Crippen molar-refractivity contribution in [1.82, 2.24) is 9.44 Å². The van der Waals surface area contributed by atoms with Crippen LogP contribution < -0.4 is 28.4 Å². The Hall–Kier alpha value is -6.64. The average molecular weight is 1130 g/mol. The van der Waals surface area contributed by atoms with Crippen LogP contribution in [0.5, 0.6) is 23.0 Å². The van der Waals surface area contributed by atoms with Gasteiger partial charge in [0.25, 0.3) is 31.9 Å². The Bertz CT molecular complexity index is 3230. The second-order valence-corrected chi connectivity index (χ2v) is 28.5. The van der Waals surface area contributed by atoms with Gasteiger partial charge in [-0.1, -0.05) is 182 Å². The van der Waals surface area contributed by atoms with E-state index in [1.807, 2.05) is 0 Å². The number of hydrogen-bond acceptors (Lipinski definition) is 10. The van der Waals surface area contributed by atoms with E-state index >= 15 is 0 Å². The second kappa shape index (κ2) is 24.2. The molecular weight excluding hydrogens is 1040 g/mol. The van der Waals surface area contributed by atoms with Gasteiger partial charge in [-0.2, -0.15) is 0 Å². The zero-order valence-electron chi connectivity index (χ0n) is 49.4. The molecule has 0 aromatic heterocycles. The maximum atomic E-state index is 14.0. The zero-order chi connectivity index (χ0) is 58.6. The molecule has 0 aliphatic heterocycles. The number of benzene rings is 6. The van der Waals surface area contributed by atoms with Gasteiger partial charge in [0.1, 0.15) is 23.0 Å². The van der Waals surface area contributed by atoms with E-state index in [-0.39, 0.29) is 27.0 Å². The van der Waals surface area contributed by atoms with E-state index in [1.165, 1.54) is 24.3 Å². The number of amides is 2. The number of fused-ring (bicyclic) bond motifs is 8. The lowest BCUT2D eigenvalue weighted by atomic mass is 9.79. The fourth-order valence-electron chi connectivity index (χ4n) is 9.72. The summed E-state index contributed by atoms with van der Waals surface area (Å²) >= 11 is 0. The van der Waals surface area contributed by atoms with Crippen LogP contribution in [0.4, 0.5) is 0 Å². The van der Waals surface area contributed by atoms with Gasteiger partial charge in [0.15, 0.2) is 13.2 Å². The van der Waals surface area contributed by atoms with Crippen molar-refractivity contribution in [3.63, 3.8) is 0 Å². The van der Waals surface area contributed by atoms with Gasteiger partial charge in [0.2, 0.25) is 0 Å². The van der Waals surface area contributed by atoms with Gasteiger partial charge >= 0.3 is 0 Å². The highest BCUT2D eigenvalue weighted by molar-refractivity contribution is 7.90. The van der Waals surface area contributed by atoms with Gasteiger partial charge in [-0.15, -0.1) is 0 Å². The molecule has 6 aromatic rings. The van der Waals surface area contributed by atoms with E-state index < -0.39 is 55.9 Å². The van der Waals surface area contributed by atoms with Gasteiger partial charge in [-0.3, -0.25) is 9.59 Å². The zero-order valence-corrected chi connectivity index (χ0v) is 51.0. The fourth-order valence-corrected chi connectivity index (χ4v) is 11.7. The van der Waals surface area contributed by atoms with E-state index in [9.17, 15) is 26.4 Å². The number of ether oxygens (including phenoxy) is 4. The Morgan fingerprint density at radius 3 is 0.825 bits per heavy atom. The van der Waals surface area contributed by atoms with Gasteiger partial charge in [0.05, 0.1) is 23.0 Å². The maximum absolute atomic E-state index is 14.0. The van der Waals surface area contributed by atoms with Crippen LogP contribution >= 0.6 is 0 Å². The number of carbonyl (C=O) groups excluding carboxylic acids is 2. The summed E-state index contributed by atoms with van der Waals surface area (Å²) < 4.78 is 85.9. The molecule has 1 aliphatic rings. The molecule has 1 aliphatic carbocycles. The summed E-state index contributed by atoms with van der Waals surface area (Å²) in [6, 6.07) is 32.7. The lowest BCUT2D eigenvalue weighted by Crippen LogP contribution is -2.34. The molecule has 2 N–H and O–H groups in total. The number of hydrogen-bond donors (Lipinski definition) is 2. The first kappa shape index (κ1) is 61.0. The van der Waals surface area contributed by atoms with Crippen LogP contribution in [-0.4, -0.2) is 55.1 Å². The molecular formula is C66H82N2O10S2. The number of rotatable bonds is 16. The summed E-state index contributed by atoms with van der Waals surface area (Å²) in [7, 11) is -8.50. The lowest BCUT2D eigenvalue weighted by Gasteiger charge is -2.29. The first-order chi connectivity index (χ1) is 37.4.